The van der Waals surface area contributed by atoms with Crippen LogP contribution in [0, 0.1) is 5.82 Å². The molecule has 0 unspecified atom stereocenters. The highest BCUT2D eigenvalue weighted by molar-refractivity contribution is 5.53. The summed E-state index contributed by atoms with van der Waals surface area (Å²) in [7, 11) is 0. The van der Waals surface area contributed by atoms with Crippen molar-refractivity contribution in [2.75, 3.05) is 0 Å². The minimum atomic E-state index is -0.911. The first-order valence-electron chi connectivity index (χ1n) is 3.93. The first-order valence-corrected chi connectivity index (χ1v) is 3.93. The Bertz CT molecular complexity index is 495. The summed E-state index contributed by atoms with van der Waals surface area (Å²) in [6.07, 6.45) is 2.66. The molecule has 0 amide bonds. The molecule has 0 aliphatic heterocycles. The number of H-pyrrole nitrogens is 1. The van der Waals surface area contributed by atoms with Crippen molar-refractivity contribution in [1.82, 2.24) is 15.0 Å². The minimum absolute atomic E-state index is 0.0330. The summed E-state index contributed by atoms with van der Waals surface area (Å²) >= 11 is 0. The molecular formula is C9H6FN3O. The molecule has 0 bridgehead atoms. The molecule has 1 N–H and O–H groups in total. The monoisotopic (exact) mass is 191 g/mol. The third kappa shape index (κ3) is 1.39. The van der Waals surface area contributed by atoms with Crippen molar-refractivity contribution >= 4 is 0 Å². The molecule has 2 heterocycles. The van der Waals surface area contributed by atoms with E-state index in [0.29, 0.717) is 5.69 Å². The standard InChI is InChI=1S/C9H6FN3O/c10-7-8(12-5-13-9(7)14)6-3-1-2-4-11-6/h1-5H,(H,12,13,14). The van der Waals surface area contributed by atoms with E-state index in [4.69, 9.17) is 0 Å². The van der Waals surface area contributed by atoms with Gasteiger partial charge in [-0.1, -0.05) is 6.07 Å². The van der Waals surface area contributed by atoms with Crippen LogP contribution in [0.3, 0.4) is 0 Å². The molecule has 0 aliphatic carbocycles. The van der Waals surface area contributed by atoms with Crippen molar-refractivity contribution in [2.24, 2.45) is 0 Å². The van der Waals surface area contributed by atoms with Crippen molar-refractivity contribution in [3.8, 4) is 11.4 Å². The normalized spacial score (nSPS) is 10.1. The lowest BCUT2D eigenvalue weighted by atomic mass is 10.2. The van der Waals surface area contributed by atoms with Crippen molar-refractivity contribution in [3.63, 3.8) is 0 Å². The third-order valence-corrected chi connectivity index (χ3v) is 1.70. The van der Waals surface area contributed by atoms with Gasteiger partial charge >= 0.3 is 0 Å². The summed E-state index contributed by atoms with van der Waals surface area (Å²) in [5, 5.41) is 0. The number of nitrogens with one attached hydrogen (secondary N) is 1. The summed E-state index contributed by atoms with van der Waals surface area (Å²) in [5.41, 5.74) is -0.480. The molecule has 0 aromatic carbocycles. The van der Waals surface area contributed by atoms with E-state index in [-0.39, 0.29) is 5.69 Å². The molecule has 0 saturated heterocycles. The maximum absolute atomic E-state index is 13.2. The average Bonchev–Trinajstić information content (AvgIpc) is 2.23. The molecule has 14 heavy (non-hydrogen) atoms. The van der Waals surface area contributed by atoms with Gasteiger partial charge in [0, 0.05) is 6.20 Å². The van der Waals surface area contributed by atoms with Gasteiger partial charge < -0.3 is 4.98 Å². The van der Waals surface area contributed by atoms with Crippen LogP contribution >= 0.6 is 0 Å². The lowest BCUT2D eigenvalue weighted by Gasteiger charge is -1.98. The van der Waals surface area contributed by atoms with Crippen molar-refractivity contribution in [1.29, 1.82) is 0 Å². The van der Waals surface area contributed by atoms with Crippen LogP contribution in [-0.2, 0) is 0 Å². The van der Waals surface area contributed by atoms with Gasteiger partial charge in [0.2, 0.25) is 5.82 Å². The molecule has 2 aromatic rings. The number of halogens is 1. The molecule has 0 atom stereocenters. The second-order valence-electron chi connectivity index (χ2n) is 2.61. The van der Waals surface area contributed by atoms with Gasteiger partial charge in [0.15, 0.2) is 0 Å². The summed E-state index contributed by atoms with van der Waals surface area (Å²) in [6, 6.07) is 4.99. The second kappa shape index (κ2) is 3.37. The Balaban J connectivity index is 2.64. The SMILES string of the molecule is O=c1[nH]cnc(-c2ccccn2)c1F. The lowest BCUT2D eigenvalue weighted by molar-refractivity contribution is 0.604. The predicted molar refractivity (Wildman–Crippen MR) is 48.0 cm³/mol. The number of rotatable bonds is 1. The zero-order valence-corrected chi connectivity index (χ0v) is 7.07. The highest BCUT2D eigenvalue weighted by atomic mass is 19.1. The lowest BCUT2D eigenvalue weighted by Crippen LogP contribution is -2.12. The van der Waals surface area contributed by atoms with Gasteiger partial charge in [-0.25, -0.2) is 4.98 Å². The van der Waals surface area contributed by atoms with Crippen LogP contribution in [0.4, 0.5) is 4.39 Å². The van der Waals surface area contributed by atoms with Gasteiger partial charge in [0.05, 0.1) is 12.0 Å². The van der Waals surface area contributed by atoms with E-state index in [9.17, 15) is 9.18 Å². The van der Waals surface area contributed by atoms with Gasteiger partial charge in [-0.2, -0.15) is 4.39 Å². The maximum atomic E-state index is 13.2. The number of aromatic amines is 1. The zero-order chi connectivity index (χ0) is 9.97. The highest BCUT2D eigenvalue weighted by Gasteiger charge is 2.09. The average molecular weight is 191 g/mol. The first kappa shape index (κ1) is 8.55. The Morgan fingerprint density at radius 2 is 2.14 bits per heavy atom. The van der Waals surface area contributed by atoms with Crippen LogP contribution in [-0.4, -0.2) is 15.0 Å². The number of nitrogens with zero attached hydrogens (tertiary/aromatic N) is 2. The summed E-state index contributed by atoms with van der Waals surface area (Å²) in [4.78, 5) is 20.7. The molecule has 2 aromatic heterocycles. The maximum Gasteiger partial charge on any atom is 0.287 e. The van der Waals surface area contributed by atoms with Gasteiger partial charge in [-0.15, -0.1) is 0 Å². The molecule has 5 heteroatoms. The van der Waals surface area contributed by atoms with E-state index in [0.717, 1.165) is 6.33 Å². The molecule has 0 fully saturated rings. The fourth-order valence-corrected chi connectivity index (χ4v) is 1.06. The Morgan fingerprint density at radius 1 is 1.29 bits per heavy atom. The molecular weight excluding hydrogens is 185 g/mol. The van der Waals surface area contributed by atoms with E-state index in [1.54, 1.807) is 18.2 Å². The summed E-state index contributed by atoms with van der Waals surface area (Å²) in [6.45, 7) is 0. The van der Waals surface area contributed by atoms with E-state index in [2.05, 4.69) is 15.0 Å². The molecule has 0 spiro atoms. The van der Waals surface area contributed by atoms with Crippen molar-refractivity contribution in [3.05, 3.63) is 46.9 Å². The Kier molecular flexibility index (Phi) is 2.06. The number of hydrogen-bond donors (Lipinski definition) is 1. The van der Waals surface area contributed by atoms with E-state index < -0.39 is 11.4 Å². The fraction of sp³-hybridized carbons (Fsp3) is 0. The number of aromatic nitrogens is 3. The molecule has 2 rings (SSSR count). The molecule has 0 saturated carbocycles. The van der Waals surface area contributed by atoms with Crippen molar-refractivity contribution < 1.29 is 4.39 Å². The molecule has 4 nitrogen and oxygen atoms in total. The molecule has 0 radical (unpaired) electrons. The topological polar surface area (TPSA) is 58.6 Å². The quantitative estimate of drug-likeness (QED) is 0.730. The minimum Gasteiger partial charge on any atom is -0.311 e. The zero-order valence-electron chi connectivity index (χ0n) is 7.07. The summed E-state index contributed by atoms with van der Waals surface area (Å²) in [5.74, 6) is -0.911. The van der Waals surface area contributed by atoms with Crippen LogP contribution in [0.25, 0.3) is 11.4 Å². The number of pyridine rings is 1. The van der Waals surface area contributed by atoms with Crippen LogP contribution in [0.5, 0.6) is 0 Å². The van der Waals surface area contributed by atoms with E-state index >= 15 is 0 Å². The third-order valence-electron chi connectivity index (χ3n) is 1.70. The smallest absolute Gasteiger partial charge is 0.287 e. The summed E-state index contributed by atoms with van der Waals surface area (Å²) < 4.78 is 13.2. The van der Waals surface area contributed by atoms with Gasteiger partial charge in [-0.05, 0) is 12.1 Å². The molecule has 0 aliphatic rings. The predicted octanol–water partition coefficient (Wildman–Crippen LogP) is 0.971. The Morgan fingerprint density at radius 3 is 2.86 bits per heavy atom. The Hall–Kier alpha value is -2.04. The van der Waals surface area contributed by atoms with Gasteiger partial charge in [0.1, 0.15) is 5.69 Å². The fourth-order valence-electron chi connectivity index (χ4n) is 1.06. The van der Waals surface area contributed by atoms with Crippen LogP contribution in [0.1, 0.15) is 0 Å². The Labute approximate surface area is 78.5 Å². The number of hydrogen-bond acceptors (Lipinski definition) is 3. The van der Waals surface area contributed by atoms with Crippen molar-refractivity contribution in [2.45, 2.75) is 0 Å². The van der Waals surface area contributed by atoms with E-state index in [1.807, 2.05) is 0 Å². The second-order valence-corrected chi connectivity index (χ2v) is 2.61. The van der Waals surface area contributed by atoms with Gasteiger partial charge in [-0.3, -0.25) is 9.78 Å². The highest BCUT2D eigenvalue weighted by Crippen LogP contribution is 2.13. The van der Waals surface area contributed by atoms with Gasteiger partial charge in [0.25, 0.3) is 5.56 Å². The van der Waals surface area contributed by atoms with Crippen LogP contribution < -0.4 is 5.56 Å². The van der Waals surface area contributed by atoms with E-state index in [1.165, 1.54) is 6.20 Å². The molecule has 70 valence electrons. The van der Waals surface area contributed by atoms with Crippen LogP contribution in [0.15, 0.2) is 35.5 Å². The van der Waals surface area contributed by atoms with Crippen LogP contribution in [0.2, 0.25) is 0 Å². The largest absolute Gasteiger partial charge is 0.311 e. The first-order chi connectivity index (χ1) is 6.79.